The molecule has 1 aromatic carbocycles. The topological polar surface area (TPSA) is 62.5 Å². The highest BCUT2D eigenvalue weighted by Crippen LogP contribution is 2.42. The Morgan fingerprint density at radius 2 is 2.00 bits per heavy atom. The van der Waals surface area contributed by atoms with Crippen LogP contribution in [0.15, 0.2) is 53.1 Å². The SMILES string of the molecule is O=C1C[C@@](O)(c2ccccc2)[C@H](c2ccco2)N1. The van der Waals surface area contributed by atoms with Crippen molar-refractivity contribution in [3.05, 3.63) is 60.1 Å². The fourth-order valence-corrected chi connectivity index (χ4v) is 2.44. The van der Waals surface area contributed by atoms with E-state index in [-0.39, 0.29) is 12.3 Å². The van der Waals surface area contributed by atoms with Crippen LogP contribution in [0, 0.1) is 0 Å². The zero-order valence-corrected chi connectivity index (χ0v) is 9.67. The minimum Gasteiger partial charge on any atom is -0.467 e. The second-order valence-corrected chi connectivity index (χ2v) is 4.48. The summed E-state index contributed by atoms with van der Waals surface area (Å²) in [6.45, 7) is 0. The Morgan fingerprint density at radius 1 is 1.22 bits per heavy atom. The van der Waals surface area contributed by atoms with Crippen LogP contribution in [0.5, 0.6) is 0 Å². The van der Waals surface area contributed by atoms with E-state index < -0.39 is 11.6 Å². The van der Waals surface area contributed by atoms with E-state index >= 15 is 0 Å². The number of aliphatic hydroxyl groups is 1. The molecule has 1 aliphatic heterocycles. The zero-order chi connectivity index (χ0) is 12.6. The summed E-state index contributed by atoms with van der Waals surface area (Å²) < 4.78 is 5.31. The molecule has 1 aliphatic rings. The van der Waals surface area contributed by atoms with Crippen LogP contribution in [0.3, 0.4) is 0 Å². The van der Waals surface area contributed by atoms with Gasteiger partial charge in [-0.05, 0) is 17.7 Å². The maximum Gasteiger partial charge on any atom is 0.224 e. The number of benzene rings is 1. The Bertz CT molecular complexity index is 550. The number of hydrogen-bond acceptors (Lipinski definition) is 3. The third-order valence-corrected chi connectivity index (χ3v) is 3.31. The maximum absolute atomic E-state index is 11.6. The van der Waals surface area contributed by atoms with Crippen LogP contribution in [-0.2, 0) is 10.4 Å². The number of amides is 1. The molecule has 0 saturated carbocycles. The summed E-state index contributed by atoms with van der Waals surface area (Å²) in [5.74, 6) is 0.384. The molecular formula is C14H13NO3. The van der Waals surface area contributed by atoms with Crippen LogP contribution >= 0.6 is 0 Å². The summed E-state index contributed by atoms with van der Waals surface area (Å²) in [5.41, 5.74) is -0.541. The third-order valence-electron chi connectivity index (χ3n) is 3.31. The fraction of sp³-hybridized carbons (Fsp3) is 0.214. The summed E-state index contributed by atoms with van der Waals surface area (Å²) in [7, 11) is 0. The average Bonchev–Trinajstić information content (AvgIpc) is 2.99. The fourth-order valence-electron chi connectivity index (χ4n) is 2.44. The molecule has 2 N–H and O–H groups in total. The molecule has 1 saturated heterocycles. The number of rotatable bonds is 2. The van der Waals surface area contributed by atoms with Gasteiger partial charge in [-0.1, -0.05) is 30.3 Å². The predicted molar refractivity (Wildman–Crippen MR) is 64.5 cm³/mol. The van der Waals surface area contributed by atoms with E-state index in [1.54, 1.807) is 12.1 Å². The number of hydrogen-bond donors (Lipinski definition) is 2. The first kappa shape index (κ1) is 11.0. The molecule has 0 radical (unpaired) electrons. The van der Waals surface area contributed by atoms with Gasteiger partial charge in [-0.15, -0.1) is 0 Å². The number of carbonyl (C=O) groups is 1. The summed E-state index contributed by atoms with van der Waals surface area (Å²) in [6.07, 6.45) is 1.58. The first-order valence-corrected chi connectivity index (χ1v) is 5.81. The molecule has 4 heteroatoms. The van der Waals surface area contributed by atoms with Gasteiger partial charge in [-0.3, -0.25) is 4.79 Å². The molecule has 1 fully saturated rings. The van der Waals surface area contributed by atoms with Crippen LogP contribution in [0.4, 0.5) is 0 Å². The molecular weight excluding hydrogens is 230 g/mol. The minimum atomic E-state index is -1.25. The van der Waals surface area contributed by atoms with Gasteiger partial charge >= 0.3 is 0 Å². The number of carbonyl (C=O) groups excluding carboxylic acids is 1. The smallest absolute Gasteiger partial charge is 0.224 e. The quantitative estimate of drug-likeness (QED) is 0.844. The van der Waals surface area contributed by atoms with Gasteiger partial charge in [0.15, 0.2) is 0 Å². The standard InChI is InChI=1S/C14H13NO3/c16-12-9-14(17,10-5-2-1-3-6-10)13(15-12)11-7-4-8-18-11/h1-8,13,17H,9H2,(H,15,16)/t13-,14+/m0/s1. The lowest BCUT2D eigenvalue weighted by atomic mass is 9.85. The lowest BCUT2D eigenvalue weighted by Gasteiger charge is -2.27. The van der Waals surface area contributed by atoms with Gasteiger partial charge in [0.1, 0.15) is 17.4 Å². The second-order valence-electron chi connectivity index (χ2n) is 4.48. The number of nitrogens with one attached hydrogen (secondary N) is 1. The molecule has 1 aromatic heterocycles. The van der Waals surface area contributed by atoms with Crippen molar-refractivity contribution in [3.8, 4) is 0 Å². The van der Waals surface area contributed by atoms with Crippen molar-refractivity contribution in [1.29, 1.82) is 0 Å². The van der Waals surface area contributed by atoms with Crippen molar-refractivity contribution < 1.29 is 14.3 Å². The van der Waals surface area contributed by atoms with Crippen molar-refractivity contribution in [2.45, 2.75) is 18.1 Å². The van der Waals surface area contributed by atoms with Crippen molar-refractivity contribution in [2.24, 2.45) is 0 Å². The van der Waals surface area contributed by atoms with Crippen LogP contribution in [0.25, 0.3) is 0 Å². The molecule has 0 spiro atoms. The minimum absolute atomic E-state index is 0.0440. The van der Waals surface area contributed by atoms with Crippen LogP contribution in [-0.4, -0.2) is 11.0 Å². The first-order chi connectivity index (χ1) is 8.70. The second kappa shape index (κ2) is 3.99. The molecule has 4 nitrogen and oxygen atoms in total. The Labute approximate surface area is 104 Å². The summed E-state index contributed by atoms with van der Waals surface area (Å²) >= 11 is 0. The highest BCUT2D eigenvalue weighted by atomic mass is 16.3. The van der Waals surface area contributed by atoms with E-state index in [0.717, 1.165) is 0 Å². The summed E-state index contributed by atoms with van der Waals surface area (Å²) in [5, 5.41) is 13.6. The van der Waals surface area contributed by atoms with Crippen molar-refractivity contribution in [1.82, 2.24) is 5.32 Å². The van der Waals surface area contributed by atoms with Gasteiger partial charge in [0, 0.05) is 0 Å². The Hall–Kier alpha value is -2.07. The monoisotopic (exact) mass is 243 g/mol. The molecule has 3 rings (SSSR count). The molecule has 92 valence electrons. The van der Waals surface area contributed by atoms with E-state index in [0.29, 0.717) is 11.3 Å². The highest BCUT2D eigenvalue weighted by Gasteiger charge is 2.48. The van der Waals surface area contributed by atoms with Gasteiger partial charge in [0.2, 0.25) is 5.91 Å². The van der Waals surface area contributed by atoms with Gasteiger partial charge in [-0.25, -0.2) is 0 Å². The first-order valence-electron chi connectivity index (χ1n) is 5.81. The predicted octanol–water partition coefficient (Wildman–Crippen LogP) is 1.73. The van der Waals surface area contributed by atoms with E-state index in [1.807, 2.05) is 30.3 Å². The maximum atomic E-state index is 11.6. The Morgan fingerprint density at radius 3 is 2.67 bits per heavy atom. The van der Waals surface area contributed by atoms with Crippen molar-refractivity contribution in [2.75, 3.05) is 0 Å². The van der Waals surface area contributed by atoms with E-state index in [9.17, 15) is 9.90 Å². The van der Waals surface area contributed by atoms with Gasteiger partial charge in [-0.2, -0.15) is 0 Å². The van der Waals surface area contributed by atoms with Gasteiger partial charge in [0.05, 0.1) is 12.7 Å². The van der Waals surface area contributed by atoms with E-state index in [4.69, 9.17) is 4.42 Å². The summed E-state index contributed by atoms with van der Waals surface area (Å²) in [6, 6.07) is 12.1. The Kier molecular flexibility index (Phi) is 2.45. The third kappa shape index (κ3) is 1.62. The molecule has 1 amide bonds. The van der Waals surface area contributed by atoms with E-state index in [1.165, 1.54) is 6.26 Å². The van der Waals surface area contributed by atoms with Crippen LogP contribution in [0.1, 0.15) is 23.8 Å². The van der Waals surface area contributed by atoms with Crippen LogP contribution in [0.2, 0.25) is 0 Å². The van der Waals surface area contributed by atoms with Gasteiger partial charge in [0.25, 0.3) is 0 Å². The Balaban J connectivity index is 2.06. The normalized spacial score (nSPS) is 27.2. The summed E-state index contributed by atoms with van der Waals surface area (Å²) in [4.78, 5) is 11.6. The van der Waals surface area contributed by atoms with Crippen molar-refractivity contribution in [3.63, 3.8) is 0 Å². The molecule has 0 unspecified atom stereocenters. The lowest BCUT2D eigenvalue weighted by molar-refractivity contribution is -0.120. The average molecular weight is 243 g/mol. The molecule has 2 atom stereocenters. The number of furan rings is 1. The molecule has 0 bridgehead atoms. The van der Waals surface area contributed by atoms with Crippen LogP contribution < -0.4 is 5.32 Å². The molecule has 2 aromatic rings. The van der Waals surface area contributed by atoms with Gasteiger partial charge < -0.3 is 14.8 Å². The largest absolute Gasteiger partial charge is 0.467 e. The highest BCUT2D eigenvalue weighted by molar-refractivity contribution is 5.81. The lowest BCUT2D eigenvalue weighted by Crippen LogP contribution is -2.32. The van der Waals surface area contributed by atoms with Crippen molar-refractivity contribution >= 4 is 5.91 Å². The zero-order valence-electron chi connectivity index (χ0n) is 9.67. The molecule has 18 heavy (non-hydrogen) atoms. The molecule has 2 heterocycles. The molecule has 0 aliphatic carbocycles. The van der Waals surface area contributed by atoms with E-state index in [2.05, 4.69) is 5.32 Å².